The maximum absolute atomic E-state index is 6.07. The van der Waals surface area contributed by atoms with Gasteiger partial charge in [0.25, 0.3) is 0 Å². The van der Waals surface area contributed by atoms with Crippen LogP contribution in [0, 0.1) is 0 Å². The van der Waals surface area contributed by atoms with Gasteiger partial charge in [0.1, 0.15) is 0 Å². The summed E-state index contributed by atoms with van der Waals surface area (Å²) in [7, 11) is 0. The second-order valence-electron chi connectivity index (χ2n) is 3.38. The van der Waals surface area contributed by atoms with E-state index in [0.29, 0.717) is 19.5 Å². The fraction of sp³-hybridized carbons (Fsp3) is 0.300. The van der Waals surface area contributed by atoms with Gasteiger partial charge in [0.15, 0.2) is 5.82 Å². The van der Waals surface area contributed by atoms with Gasteiger partial charge in [-0.3, -0.25) is 0 Å². The number of halogens is 1. The van der Waals surface area contributed by atoms with Gasteiger partial charge in [0.05, 0.1) is 6.54 Å². The molecule has 1 aromatic carbocycles. The quantitative estimate of drug-likeness (QED) is 0.857. The first-order valence-electron chi connectivity index (χ1n) is 5.00. The number of aromatic nitrogens is 4. The molecule has 16 heavy (non-hydrogen) atoms. The SMILES string of the molecule is NCCn1nnnc1Cc1ccccc1Cl. The minimum atomic E-state index is 0.514. The van der Waals surface area contributed by atoms with Crippen LogP contribution < -0.4 is 5.73 Å². The molecular formula is C10H12ClN5. The van der Waals surface area contributed by atoms with Gasteiger partial charge in [-0.05, 0) is 22.1 Å². The molecule has 5 nitrogen and oxygen atoms in total. The molecule has 6 heteroatoms. The lowest BCUT2D eigenvalue weighted by molar-refractivity contribution is 0.578. The number of hydrogen-bond donors (Lipinski definition) is 1. The Morgan fingerprint density at radius 1 is 1.31 bits per heavy atom. The monoisotopic (exact) mass is 237 g/mol. The lowest BCUT2D eigenvalue weighted by Crippen LogP contribution is -2.14. The standard InChI is InChI=1S/C10H12ClN5/c11-9-4-2-1-3-8(9)7-10-13-14-15-16(10)6-5-12/h1-4H,5-7,12H2. The molecule has 0 atom stereocenters. The molecule has 0 radical (unpaired) electrons. The van der Waals surface area contributed by atoms with E-state index in [1.165, 1.54) is 0 Å². The van der Waals surface area contributed by atoms with Crippen LogP contribution in [0.5, 0.6) is 0 Å². The normalized spacial score (nSPS) is 10.6. The van der Waals surface area contributed by atoms with Gasteiger partial charge in [0.2, 0.25) is 0 Å². The van der Waals surface area contributed by atoms with Crippen molar-refractivity contribution in [2.45, 2.75) is 13.0 Å². The molecule has 0 saturated heterocycles. The molecule has 0 aliphatic rings. The van der Waals surface area contributed by atoms with Crippen LogP contribution in [0.1, 0.15) is 11.4 Å². The number of nitrogens with zero attached hydrogens (tertiary/aromatic N) is 4. The first-order valence-corrected chi connectivity index (χ1v) is 5.37. The second-order valence-corrected chi connectivity index (χ2v) is 3.78. The molecule has 2 aromatic rings. The number of rotatable bonds is 4. The van der Waals surface area contributed by atoms with Crippen LogP contribution in [0.15, 0.2) is 24.3 Å². The summed E-state index contributed by atoms with van der Waals surface area (Å²) in [5.41, 5.74) is 6.48. The number of nitrogens with two attached hydrogens (primary N) is 1. The third kappa shape index (κ3) is 2.37. The molecular weight excluding hydrogens is 226 g/mol. The van der Waals surface area contributed by atoms with Crippen molar-refractivity contribution in [3.05, 3.63) is 40.7 Å². The van der Waals surface area contributed by atoms with Crippen molar-refractivity contribution >= 4 is 11.6 Å². The molecule has 1 aromatic heterocycles. The molecule has 0 fully saturated rings. The van der Waals surface area contributed by atoms with Crippen molar-refractivity contribution in [2.24, 2.45) is 5.73 Å². The van der Waals surface area contributed by atoms with Gasteiger partial charge in [-0.1, -0.05) is 29.8 Å². The van der Waals surface area contributed by atoms with E-state index < -0.39 is 0 Å². The molecule has 0 aliphatic heterocycles. The van der Waals surface area contributed by atoms with Crippen LogP contribution in [0.25, 0.3) is 0 Å². The smallest absolute Gasteiger partial charge is 0.155 e. The zero-order valence-corrected chi connectivity index (χ0v) is 9.43. The third-order valence-electron chi connectivity index (χ3n) is 2.25. The van der Waals surface area contributed by atoms with Crippen molar-refractivity contribution in [3.8, 4) is 0 Å². The Hall–Kier alpha value is -1.46. The van der Waals surface area contributed by atoms with Gasteiger partial charge in [-0.2, -0.15) is 0 Å². The Morgan fingerprint density at radius 2 is 2.12 bits per heavy atom. The molecule has 0 saturated carbocycles. The predicted molar refractivity (Wildman–Crippen MR) is 61.1 cm³/mol. The second kappa shape index (κ2) is 5.05. The van der Waals surface area contributed by atoms with E-state index in [-0.39, 0.29) is 0 Å². The summed E-state index contributed by atoms with van der Waals surface area (Å²) in [5, 5.41) is 12.2. The molecule has 0 unspecified atom stereocenters. The summed E-state index contributed by atoms with van der Waals surface area (Å²) in [5.74, 6) is 0.776. The summed E-state index contributed by atoms with van der Waals surface area (Å²) in [6.07, 6.45) is 0.618. The topological polar surface area (TPSA) is 69.6 Å². The number of tetrazole rings is 1. The van der Waals surface area contributed by atoms with Crippen molar-refractivity contribution in [2.75, 3.05) is 6.54 Å². The van der Waals surface area contributed by atoms with E-state index in [0.717, 1.165) is 16.4 Å². The highest BCUT2D eigenvalue weighted by Gasteiger charge is 2.08. The van der Waals surface area contributed by atoms with E-state index in [2.05, 4.69) is 15.5 Å². The Labute approximate surface area is 98.2 Å². The van der Waals surface area contributed by atoms with E-state index in [4.69, 9.17) is 17.3 Å². The van der Waals surface area contributed by atoms with Crippen LogP contribution in [0.3, 0.4) is 0 Å². The van der Waals surface area contributed by atoms with Crippen LogP contribution in [-0.4, -0.2) is 26.8 Å². The lowest BCUT2D eigenvalue weighted by atomic mass is 10.1. The van der Waals surface area contributed by atoms with E-state index in [1.54, 1.807) is 4.68 Å². The Kier molecular flexibility index (Phi) is 3.48. The molecule has 2 N–H and O–H groups in total. The first kappa shape index (κ1) is 11.0. The van der Waals surface area contributed by atoms with Crippen LogP contribution in [0.4, 0.5) is 0 Å². The highest BCUT2D eigenvalue weighted by Crippen LogP contribution is 2.17. The van der Waals surface area contributed by atoms with Gasteiger partial charge < -0.3 is 5.73 Å². The zero-order valence-electron chi connectivity index (χ0n) is 8.67. The highest BCUT2D eigenvalue weighted by atomic mass is 35.5. The molecule has 0 aliphatic carbocycles. The minimum Gasteiger partial charge on any atom is -0.329 e. The average molecular weight is 238 g/mol. The lowest BCUT2D eigenvalue weighted by Gasteiger charge is -2.04. The van der Waals surface area contributed by atoms with Crippen molar-refractivity contribution < 1.29 is 0 Å². The predicted octanol–water partition coefficient (Wildman–Crippen LogP) is 0.876. The summed E-state index contributed by atoms with van der Waals surface area (Å²) >= 11 is 6.07. The molecule has 2 rings (SSSR count). The first-order chi connectivity index (χ1) is 7.81. The largest absolute Gasteiger partial charge is 0.329 e. The summed E-state index contributed by atoms with van der Waals surface area (Å²) in [6, 6.07) is 7.66. The maximum atomic E-state index is 6.07. The van der Waals surface area contributed by atoms with Gasteiger partial charge >= 0.3 is 0 Å². The molecule has 84 valence electrons. The maximum Gasteiger partial charge on any atom is 0.155 e. The van der Waals surface area contributed by atoms with E-state index >= 15 is 0 Å². The van der Waals surface area contributed by atoms with Crippen LogP contribution in [0.2, 0.25) is 5.02 Å². The fourth-order valence-electron chi connectivity index (χ4n) is 1.46. The minimum absolute atomic E-state index is 0.514. The van der Waals surface area contributed by atoms with Crippen LogP contribution in [-0.2, 0) is 13.0 Å². The highest BCUT2D eigenvalue weighted by molar-refractivity contribution is 6.31. The Morgan fingerprint density at radius 3 is 2.88 bits per heavy atom. The van der Waals surface area contributed by atoms with Gasteiger partial charge in [0, 0.05) is 18.0 Å². The van der Waals surface area contributed by atoms with Gasteiger partial charge in [-0.15, -0.1) is 5.10 Å². The van der Waals surface area contributed by atoms with E-state index in [1.807, 2.05) is 24.3 Å². The number of hydrogen-bond acceptors (Lipinski definition) is 4. The van der Waals surface area contributed by atoms with Crippen molar-refractivity contribution in [1.82, 2.24) is 20.2 Å². The molecule has 0 amide bonds. The van der Waals surface area contributed by atoms with Crippen molar-refractivity contribution in [3.63, 3.8) is 0 Å². The third-order valence-corrected chi connectivity index (χ3v) is 2.62. The Bertz CT molecular complexity index is 468. The van der Waals surface area contributed by atoms with E-state index in [9.17, 15) is 0 Å². The van der Waals surface area contributed by atoms with Crippen LogP contribution >= 0.6 is 11.6 Å². The van der Waals surface area contributed by atoms with Gasteiger partial charge in [-0.25, -0.2) is 4.68 Å². The van der Waals surface area contributed by atoms with Crippen molar-refractivity contribution in [1.29, 1.82) is 0 Å². The number of benzene rings is 1. The summed E-state index contributed by atoms with van der Waals surface area (Å²) < 4.78 is 1.70. The molecule has 0 spiro atoms. The molecule has 1 heterocycles. The average Bonchev–Trinajstić information content (AvgIpc) is 2.70. The molecule has 0 bridgehead atoms. The zero-order chi connectivity index (χ0) is 11.4. The summed E-state index contributed by atoms with van der Waals surface area (Å²) in [6.45, 7) is 1.13. The fourth-order valence-corrected chi connectivity index (χ4v) is 1.66. The Balaban J connectivity index is 2.20. The summed E-state index contributed by atoms with van der Waals surface area (Å²) in [4.78, 5) is 0.